The van der Waals surface area contributed by atoms with Crippen LogP contribution in [0.5, 0.6) is 0 Å². The van der Waals surface area contributed by atoms with Gasteiger partial charge in [0.1, 0.15) is 5.78 Å². The van der Waals surface area contributed by atoms with Gasteiger partial charge in [0.05, 0.1) is 10.8 Å². The number of carbonyl (C=O) groups is 2. The van der Waals surface area contributed by atoms with Crippen LogP contribution in [0, 0.1) is 5.92 Å². The summed E-state index contributed by atoms with van der Waals surface area (Å²) in [7, 11) is 0. The Hall–Kier alpha value is -1.79. The second kappa shape index (κ2) is 6.11. The van der Waals surface area contributed by atoms with Gasteiger partial charge in [0.2, 0.25) is 5.91 Å². The third-order valence-corrected chi connectivity index (χ3v) is 4.03. The maximum absolute atomic E-state index is 12.1. The van der Waals surface area contributed by atoms with Gasteiger partial charge >= 0.3 is 0 Å². The Morgan fingerprint density at radius 1 is 1.45 bits per heavy atom. The minimum Gasteiger partial charge on any atom is -0.319 e. The predicted molar refractivity (Wildman–Crippen MR) is 74.2 cm³/mol. The van der Waals surface area contributed by atoms with Gasteiger partial charge in [-0.25, -0.2) is 4.21 Å². The van der Waals surface area contributed by atoms with E-state index in [0.29, 0.717) is 13.0 Å². The third-order valence-electron chi connectivity index (χ3n) is 3.35. The molecule has 1 aliphatic heterocycles. The van der Waals surface area contributed by atoms with E-state index in [9.17, 15) is 13.8 Å². The van der Waals surface area contributed by atoms with Gasteiger partial charge < -0.3 is 9.45 Å². The molecule has 2 rings (SSSR count). The fraction of sp³-hybridized carbons (Fsp3) is 0.286. The van der Waals surface area contributed by atoms with Crippen molar-refractivity contribution in [3.8, 4) is 0 Å². The summed E-state index contributed by atoms with van der Waals surface area (Å²) in [4.78, 5) is 25.7. The van der Waals surface area contributed by atoms with Gasteiger partial charge in [-0.05, 0) is 30.3 Å². The Kier molecular flexibility index (Phi) is 4.46. The summed E-state index contributed by atoms with van der Waals surface area (Å²) in [5.74, 6) is -0.921. The Labute approximate surface area is 119 Å². The SMILES string of the molecule is C=CN1CCC(C(=O)Cc2ccc(S(=O)O)cc2)C1=O. The molecule has 1 N–H and O–H groups in total. The van der Waals surface area contributed by atoms with Crippen LogP contribution in [0.1, 0.15) is 12.0 Å². The van der Waals surface area contributed by atoms with Crippen molar-refractivity contribution in [3.05, 3.63) is 42.6 Å². The molecule has 0 aromatic heterocycles. The standard InChI is InChI=1S/C14H15NO4S/c1-2-15-8-7-12(14(15)17)13(16)9-10-3-5-11(6-4-10)20(18)19/h2-6,12H,1,7-9H2,(H,18,19). The molecule has 1 saturated heterocycles. The largest absolute Gasteiger partial charge is 0.319 e. The minimum absolute atomic E-state index is 0.128. The molecule has 6 heteroatoms. The summed E-state index contributed by atoms with van der Waals surface area (Å²) in [6.07, 6.45) is 2.11. The summed E-state index contributed by atoms with van der Waals surface area (Å²) in [5.41, 5.74) is 0.731. The lowest BCUT2D eigenvalue weighted by molar-refractivity contribution is -0.135. The first-order valence-corrected chi connectivity index (χ1v) is 7.29. The van der Waals surface area contributed by atoms with Crippen molar-refractivity contribution in [2.75, 3.05) is 6.54 Å². The van der Waals surface area contributed by atoms with Crippen molar-refractivity contribution >= 4 is 22.8 Å². The zero-order valence-corrected chi connectivity index (χ0v) is 11.6. The number of Topliss-reactive ketones (excluding diaryl/α,β-unsaturated/α-hetero) is 1. The van der Waals surface area contributed by atoms with Crippen LogP contribution in [0.25, 0.3) is 0 Å². The van der Waals surface area contributed by atoms with Gasteiger partial charge in [0.15, 0.2) is 11.1 Å². The van der Waals surface area contributed by atoms with Crippen LogP contribution < -0.4 is 0 Å². The highest BCUT2D eigenvalue weighted by atomic mass is 32.2. The van der Waals surface area contributed by atoms with E-state index in [2.05, 4.69) is 6.58 Å². The second-order valence-corrected chi connectivity index (χ2v) is 5.56. The normalized spacial score (nSPS) is 19.9. The van der Waals surface area contributed by atoms with E-state index in [1.54, 1.807) is 12.1 Å². The van der Waals surface area contributed by atoms with Gasteiger partial charge in [-0.3, -0.25) is 9.59 Å². The van der Waals surface area contributed by atoms with E-state index in [1.807, 2.05) is 0 Å². The summed E-state index contributed by atoms with van der Waals surface area (Å²) >= 11 is -2.02. The number of hydrogen-bond acceptors (Lipinski definition) is 3. The lowest BCUT2D eigenvalue weighted by Crippen LogP contribution is -2.27. The minimum atomic E-state index is -2.02. The molecule has 0 radical (unpaired) electrons. The number of rotatable bonds is 5. The number of hydrogen-bond donors (Lipinski definition) is 1. The molecule has 2 atom stereocenters. The molecular formula is C14H15NO4S. The van der Waals surface area contributed by atoms with Gasteiger partial charge in [-0.2, -0.15) is 0 Å². The van der Waals surface area contributed by atoms with Crippen LogP contribution in [0.15, 0.2) is 41.9 Å². The molecule has 1 aromatic rings. The molecule has 106 valence electrons. The smallest absolute Gasteiger partial charge is 0.237 e. The third kappa shape index (κ3) is 3.02. The molecular weight excluding hydrogens is 278 g/mol. The molecule has 5 nitrogen and oxygen atoms in total. The van der Waals surface area contributed by atoms with Gasteiger partial charge in [0, 0.05) is 13.0 Å². The van der Waals surface area contributed by atoms with Crippen molar-refractivity contribution in [1.29, 1.82) is 0 Å². The Balaban J connectivity index is 2.03. The Morgan fingerprint density at radius 2 is 2.10 bits per heavy atom. The lowest BCUT2D eigenvalue weighted by Gasteiger charge is -2.10. The monoisotopic (exact) mass is 293 g/mol. The van der Waals surface area contributed by atoms with Gasteiger partial charge in [0.25, 0.3) is 0 Å². The van der Waals surface area contributed by atoms with Crippen LogP contribution >= 0.6 is 0 Å². The average molecular weight is 293 g/mol. The van der Waals surface area contributed by atoms with E-state index in [1.165, 1.54) is 23.2 Å². The number of nitrogens with zero attached hydrogens (tertiary/aromatic N) is 1. The molecule has 2 unspecified atom stereocenters. The molecule has 20 heavy (non-hydrogen) atoms. The number of ketones is 1. The van der Waals surface area contributed by atoms with Crippen molar-refractivity contribution in [2.24, 2.45) is 5.92 Å². The molecule has 0 spiro atoms. The summed E-state index contributed by atoms with van der Waals surface area (Å²) < 4.78 is 19.7. The number of likely N-dealkylation sites (tertiary alicyclic amines) is 1. The first kappa shape index (κ1) is 14.6. The summed E-state index contributed by atoms with van der Waals surface area (Å²) in [6.45, 7) is 4.07. The molecule has 1 heterocycles. The average Bonchev–Trinajstić information content (AvgIpc) is 2.80. The molecule has 0 saturated carbocycles. The summed E-state index contributed by atoms with van der Waals surface area (Å²) in [6, 6.07) is 6.27. The maximum atomic E-state index is 12.1. The van der Waals surface area contributed by atoms with E-state index in [0.717, 1.165) is 5.56 Å². The van der Waals surface area contributed by atoms with Crippen LogP contribution in [0.2, 0.25) is 0 Å². The van der Waals surface area contributed by atoms with E-state index >= 15 is 0 Å². The van der Waals surface area contributed by atoms with Gasteiger partial charge in [-0.15, -0.1) is 0 Å². The van der Waals surface area contributed by atoms with Crippen molar-refractivity contribution < 1.29 is 18.4 Å². The van der Waals surface area contributed by atoms with Crippen LogP contribution in [-0.4, -0.2) is 31.9 Å². The van der Waals surface area contributed by atoms with E-state index in [-0.39, 0.29) is 23.0 Å². The zero-order chi connectivity index (χ0) is 14.7. The zero-order valence-electron chi connectivity index (χ0n) is 10.8. The predicted octanol–water partition coefficient (Wildman–Crippen LogP) is 1.37. The van der Waals surface area contributed by atoms with Crippen molar-refractivity contribution in [1.82, 2.24) is 4.90 Å². The number of carbonyl (C=O) groups excluding carboxylic acids is 2. The highest BCUT2D eigenvalue weighted by Gasteiger charge is 2.35. The van der Waals surface area contributed by atoms with Crippen LogP contribution in [-0.2, 0) is 27.1 Å². The quantitative estimate of drug-likeness (QED) is 0.657. The van der Waals surface area contributed by atoms with Crippen molar-refractivity contribution in [2.45, 2.75) is 17.7 Å². The maximum Gasteiger partial charge on any atom is 0.237 e. The Bertz CT molecular complexity index is 567. The van der Waals surface area contributed by atoms with Crippen LogP contribution in [0.3, 0.4) is 0 Å². The molecule has 1 aliphatic rings. The molecule has 0 bridgehead atoms. The molecule has 0 aliphatic carbocycles. The lowest BCUT2D eigenvalue weighted by atomic mass is 9.97. The fourth-order valence-corrected chi connectivity index (χ4v) is 2.60. The topological polar surface area (TPSA) is 74.7 Å². The van der Waals surface area contributed by atoms with E-state index in [4.69, 9.17) is 4.55 Å². The summed E-state index contributed by atoms with van der Waals surface area (Å²) in [5, 5.41) is 0. The Morgan fingerprint density at radius 3 is 2.60 bits per heavy atom. The van der Waals surface area contributed by atoms with Gasteiger partial charge in [-0.1, -0.05) is 18.7 Å². The number of benzene rings is 1. The highest BCUT2D eigenvalue weighted by molar-refractivity contribution is 7.79. The second-order valence-electron chi connectivity index (χ2n) is 4.59. The van der Waals surface area contributed by atoms with E-state index < -0.39 is 17.0 Å². The molecule has 1 amide bonds. The first-order valence-electron chi connectivity index (χ1n) is 6.18. The molecule has 1 fully saturated rings. The van der Waals surface area contributed by atoms with Crippen molar-refractivity contribution in [3.63, 3.8) is 0 Å². The van der Waals surface area contributed by atoms with Crippen LogP contribution in [0.4, 0.5) is 0 Å². The molecule has 1 aromatic carbocycles. The number of amides is 1. The highest BCUT2D eigenvalue weighted by Crippen LogP contribution is 2.21. The fourth-order valence-electron chi connectivity index (χ4n) is 2.23. The first-order chi connectivity index (χ1) is 9.52.